The van der Waals surface area contributed by atoms with Crippen LogP contribution in [0.3, 0.4) is 0 Å². The zero-order valence-electron chi connectivity index (χ0n) is 16.6. The minimum atomic E-state index is -0.280. The van der Waals surface area contributed by atoms with Gasteiger partial charge in [0.2, 0.25) is 0 Å². The van der Waals surface area contributed by atoms with Crippen molar-refractivity contribution < 1.29 is 18.7 Å². The van der Waals surface area contributed by atoms with E-state index in [0.29, 0.717) is 33.0 Å². The van der Waals surface area contributed by atoms with Crippen LogP contribution >= 0.6 is 24.0 Å². The lowest BCUT2D eigenvalue weighted by atomic mass is 10.2. The molecule has 0 saturated carbocycles. The van der Waals surface area contributed by atoms with Gasteiger partial charge in [-0.2, -0.15) is 0 Å². The molecule has 1 aliphatic rings. The molecule has 0 bridgehead atoms. The molecule has 1 fully saturated rings. The van der Waals surface area contributed by atoms with E-state index in [-0.39, 0.29) is 11.7 Å². The number of benzene rings is 3. The quantitative estimate of drug-likeness (QED) is 0.349. The van der Waals surface area contributed by atoms with E-state index < -0.39 is 0 Å². The van der Waals surface area contributed by atoms with E-state index in [1.807, 2.05) is 24.3 Å². The highest BCUT2D eigenvalue weighted by Crippen LogP contribution is 2.36. The molecule has 0 spiro atoms. The third-order valence-corrected chi connectivity index (χ3v) is 5.90. The molecule has 1 saturated heterocycles. The van der Waals surface area contributed by atoms with Crippen molar-refractivity contribution in [1.82, 2.24) is 0 Å². The molecule has 3 aromatic rings. The molecule has 0 atom stereocenters. The zero-order chi connectivity index (χ0) is 21.8. The number of hydrogen-bond donors (Lipinski definition) is 0. The average molecular weight is 452 g/mol. The number of anilines is 1. The minimum absolute atomic E-state index is 0.169. The first-order valence-electron chi connectivity index (χ1n) is 9.43. The van der Waals surface area contributed by atoms with Gasteiger partial charge in [0.25, 0.3) is 5.91 Å². The highest BCUT2D eigenvalue weighted by molar-refractivity contribution is 8.27. The van der Waals surface area contributed by atoms with Gasteiger partial charge in [-0.15, -0.1) is 0 Å². The SMILES string of the molecule is COc1ccc(N2C(=O)/C(=C\c3cccc(OCc4ccc(F)cc4)c3)SC2=S)cc1. The monoisotopic (exact) mass is 451 g/mol. The molecular weight excluding hydrogens is 433 g/mol. The molecule has 4 nitrogen and oxygen atoms in total. The smallest absolute Gasteiger partial charge is 0.270 e. The zero-order valence-corrected chi connectivity index (χ0v) is 18.2. The molecule has 156 valence electrons. The number of carbonyl (C=O) groups excluding carboxylic acids is 1. The standard InChI is InChI=1S/C24H18FNO3S2/c1-28-20-11-9-19(10-12-20)26-23(27)22(31-24(26)30)14-17-3-2-4-21(13-17)29-15-16-5-7-18(25)8-6-16/h2-14H,15H2,1H3/b22-14+. The lowest BCUT2D eigenvalue weighted by Gasteiger charge is -2.14. The number of carbonyl (C=O) groups is 1. The normalized spacial score (nSPS) is 14.9. The number of nitrogens with zero attached hydrogens (tertiary/aromatic N) is 1. The minimum Gasteiger partial charge on any atom is -0.497 e. The second-order valence-corrected chi connectivity index (χ2v) is 8.38. The Labute approximate surface area is 189 Å². The van der Waals surface area contributed by atoms with Crippen LogP contribution in [-0.4, -0.2) is 17.3 Å². The highest BCUT2D eigenvalue weighted by Gasteiger charge is 2.33. The summed E-state index contributed by atoms with van der Waals surface area (Å²) in [6.45, 7) is 0.323. The van der Waals surface area contributed by atoms with Gasteiger partial charge in [0.05, 0.1) is 17.7 Å². The van der Waals surface area contributed by atoms with Crippen molar-refractivity contribution in [2.75, 3.05) is 12.0 Å². The summed E-state index contributed by atoms with van der Waals surface area (Å²) >= 11 is 6.69. The van der Waals surface area contributed by atoms with E-state index in [1.165, 1.54) is 28.8 Å². The number of thiocarbonyl (C=S) groups is 1. The largest absolute Gasteiger partial charge is 0.497 e. The van der Waals surface area contributed by atoms with E-state index in [4.69, 9.17) is 21.7 Å². The number of rotatable bonds is 6. The van der Waals surface area contributed by atoms with Gasteiger partial charge in [-0.05, 0) is 65.7 Å². The number of ether oxygens (including phenoxy) is 2. The molecule has 1 amide bonds. The first-order chi connectivity index (χ1) is 15.0. The fraction of sp³-hybridized carbons (Fsp3) is 0.0833. The Kier molecular flexibility index (Phi) is 6.34. The van der Waals surface area contributed by atoms with E-state index in [9.17, 15) is 9.18 Å². The maximum Gasteiger partial charge on any atom is 0.270 e. The van der Waals surface area contributed by atoms with Gasteiger partial charge in [-0.1, -0.05) is 48.2 Å². The molecule has 0 N–H and O–H groups in total. The van der Waals surface area contributed by atoms with Gasteiger partial charge in [0.15, 0.2) is 4.32 Å². The predicted molar refractivity (Wildman–Crippen MR) is 126 cm³/mol. The Morgan fingerprint density at radius 1 is 1.03 bits per heavy atom. The van der Waals surface area contributed by atoms with Gasteiger partial charge < -0.3 is 9.47 Å². The summed E-state index contributed by atoms with van der Waals surface area (Å²) in [5.41, 5.74) is 2.39. The second kappa shape index (κ2) is 9.32. The lowest BCUT2D eigenvalue weighted by Crippen LogP contribution is -2.27. The van der Waals surface area contributed by atoms with E-state index >= 15 is 0 Å². The predicted octanol–water partition coefficient (Wildman–Crippen LogP) is 5.82. The average Bonchev–Trinajstić information content (AvgIpc) is 3.06. The van der Waals surface area contributed by atoms with Crippen LogP contribution in [0.15, 0.2) is 77.7 Å². The molecular formula is C24H18FNO3S2. The fourth-order valence-corrected chi connectivity index (χ4v) is 4.31. The Hall–Kier alpha value is -3.16. The number of thioether (sulfide) groups is 1. The fourth-order valence-electron chi connectivity index (χ4n) is 3.01. The Morgan fingerprint density at radius 2 is 1.77 bits per heavy atom. The molecule has 1 heterocycles. The van der Waals surface area contributed by atoms with E-state index in [2.05, 4.69) is 0 Å². The van der Waals surface area contributed by atoms with E-state index in [0.717, 1.165) is 11.1 Å². The molecule has 31 heavy (non-hydrogen) atoms. The van der Waals surface area contributed by atoms with Gasteiger partial charge in [0.1, 0.15) is 23.9 Å². The van der Waals surface area contributed by atoms with Crippen molar-refractivity contribution in [2.45, 2.75) is 6.61 Å². The van der Waals surface area contributed by atoms with Gasteiger partial charge >= 0.3 is 0 Å². The van der Waals surface area contributed by atoms with Crippen molar-refractivity contribution in [3.05, 3.63) is 94.6 Å². The van der Waals surface area contributed by atoms with Crippen LogP contribution < -0.4 is 14.4 Å². The third kappa shape index (κ3) is 4.95. The summed E-state index contributed by atoms with van der Waals surface area (Å²) in [6, 6.07) is 20.8. The maximum absolute atomic E-state index is 13.0. The van der Waals surface area contributed by atoms with Crippen LogP contribution in [0.2, 0.25) is 0 Å². The van der Waals surface area contributed by atoms with Crippen LogP contribution in [0, 0.1) is 5.82 Å². The summed E-state index contributed by atoms with van der Waals surface area (Å²) in [6.07, 6.45) is 1.80. The molecule has 0 unspecified atom stereocenters. The van der Waals surface area contributed by atoms with Crippen LogP contribution in [0.4, 0.5) is 10.1 Å². The number of hydrogen-bond acceptors (Lipinski definition) is 5. The summed E-state index contributed by atoms with van der Waals surface area (Å²) in [5, 5.41) is 0. The van der Waals surface area contributed by atoms with Gasteiger partial charge in [0, 0.05) is 0 Å². The van der Waals surface area contributed by atoms with Crippen LogP contribution in [0.25, 0.3) is 6.08 Å². The number of halogens is 1. The summed E-state index contributed by atoms with van der Waals surface area (Å²) in [4.78, 5) is 15.0. The van der Waals surface area contributed by atoms with Crippen LogP contribution in [0.5, 0.6) is 11.5 Å². The van der Waals surface area contributed by atoms with Crippen molar-refractivity contribution in [1.29, 1.82) is 0 Å². The van der Waals surface area contributed by atoms with E-state index in [1.54, 1.807) is 49.6 Å². The van der Waals surface area contributed by atoms with Crippen molar-refractivity contribution >= 4 is 46.0 Å². The molecule has 3 aromatic carbocycles. The Morgan fingerprint density at radius 3 is 2.48 bits per heavy atom. The van der Waals surface area contributed by atoms with Crippen molar-refractivity contribution in [3.8, 4) is 11.5 Å². The first-order valence-corrected chi connectivity index (χ1v) is 10.7. The van der Waals surface area contributed by atoms with Crippen LogP contribution in [-0.2, 0) is 11.4 Å². The molecule has 0 radical (unpaired) electrons. The number of amides is 1. The third-order valence-electron chi connectivity index (χ3n) is 4.60. The molecule has 0 aliphatic carbocycles. The Bertz CT molecular complexity index is 1140. The topological polar surface area (TPSA) is 38.8 Å². The summed E-state index contributed by atoms with van der Waals surface area (Å²) in [5.74, 6) is 0.918. The highest BCUT2D eigenvalue weighted by atomic mass is 32.2. The first kappa shape index (κ1) is 21.1. The summed E-state index contributed by atoms with van der Waals surface area (Å²) < 4.78 is 24.5. The summed E-state index contributed by atoms with van der Waals surface area (Å²) in [7, 11) is 1.59. The van der Waals surface area contributed by atoms with Crippen LogP contribution in [0.1, 0.15) is 11.1 Å². The van der Waals surface area contributed by atoms with Crippen molar-refractivity contribution in [2.24, 2.45) is 0 Å². The lowest BCUT2D eigenvalue weighted by molar-refractivity contribution is -0.113. The molecule has 7 heteroatoms. The van der Waals surface area contributed by atoms with Gasteiger partial charge in [-0.3, -0.25) is 9.69 Å². The second-order valence-electron chi connectivity index (χ2n) is 6.70. The molecule has 1 aliphatic heterocycles. The Balaban J connectivity index is 1.49. The molecule has 4 rings (SSSR count). The van der Waals surface area contributed by atoms with Gasteiger partial charge in [-0.25, -0.2) is 4.39 Å². The van der Waals surface area contributed by atoms with Crippen molar-refractivity contribution in [3.63, 3.8) is 0 Å². The molecule has 0 aromatic heterocycles. The number of methoxy groups -OCH3 is 1. The maximum atomic E-state index is 13.0.